The quantitative estimate of drug-likeness (QED) is 0.735. The molecule has 9 heteroatoms. The highest BCUT2D eigenvalue weighted by Crippen LogP contribution is 2.38. The summed E-state index contributed by atoms with van der Waals surface area (Å²) in [7, 11) is 1.61. The van der Waals surface area contributed by atoms with Crippen molar-refractivity contribution in [2.24, 2.45) is 0 Å². The van der Waals surface area contributed by atoms with E-state index in [4.69, 9.17) is 9.47 Å². The van der Waals surface area contributed by atoms with Crippen molar-refractivity contribution in [2.45, 2.75) is 25.2 Å². The third-order valence-electron chi connectivity index (χ3n) is 4.93. The lowest BCUT2D eigenvalue weighted by Crippen LogP contribution is -2.24. The van der Waals surface area contributed by atoms with Gasteiger partial charge in [-0.25, -0.2) is 4.98 Å². The first kappa shape index (κ1) is 18.7. The number of rotatable bonds is 3. The number of aromatic nitrogens is 3. The van der Waals surface area contributed by atoms with Gasteiger partial charge < -0.3 is 14.6 Å². The summed E-state index contributed by atoms with van der Waals surface area (Å²) in [6, 6.07) is 5.06. The van der Waals surface area contributed by atoms with E-state index in [1.54, 1.807) is 23.9 Å². The van der Waals surface area contributed by atoms with Crippen LogP contribution >= 0.6 is 0 Å². The first-order chi connectivity index (χ1) is 13.3. The molecule has 6 nitrogen and oxygen atoms in total. The Morgan fingerprint density at radius 3 is 2.71 bits per heavy atom. The molecule has 2 atom stereocenters. The molecule has 0 bridgehead atoms. The number of aromatic hydroxyl groups is 1. The summed E-state index contributed by atoms with van der Waals surface area (Å²) < 4.78 is 51.4. The van der Waals surface area contributed by atoms with Gasteiger partial charge in [0.15, 0.2) is 5.65 Å². The average Bonchev–Trinajstić information content (AvgIpc) is 3.26. The van der Waals surface area contributed by atoms with Crippen molar-refractivity contribution in [3.8, 4) is 17.0 Å². The topological polar surface area (TPSA) is 69.4 Å². The van der Waals surface area contributed by atoms with Crippen LogP contribution in [-0.2, 0) is 15.7 Å². The van der Waals surface area contributed by atoms with Gasteiger partial charge in [0.25, 0.3) is 0 Å². The minimum atomic E-state index is -4.53. The summed E-state index contributed by atoms with van der Waals surface area (Å²) in [5, 5.41) is 15.5. The molecule has 3 aromatic rings. The van der Waals surface area contributed by atoms with Crippen LogP contribution in [0.5, 0.6) is 5.75 Å². The zero-order valence-electron chi connectivity index (χ0n) is 15.2. The van der Waals surface area contributed by atoms with Crippen molar-refractivity contribution in [1.29, 1.82) is 0 Å². The molecule has 0 unspecified atom stereocenters. The smallest absolute Gasteiger partial charge is 0.416 e. The Kier molecular flexibility index (Phi) is 4.51. The number of hydrogen-bond acceptors (Lipinski definition) is 5. The van der Waals surface area contributed by atoms with Crippen LogP contribution in [0.25, 0.3) is 22.3 Å². The molecular formula is C19H18F3N3O3. The Balaban J connectivity index is 1.74. The van der Waals surface area contributed by atoms with Gasteiger partial charge in [-0.1, -0.05) is 0 Å². The van der Waals surface area contributed by atoms with E-state index >= 15 is 0 Å². The number of ether oxygens (including phenoxy) is 2. The molecule has 1 fully saturated rings. The van der Waals surface area contributed by atoms with Crippen LogP contribution in [0.2, 0.25) is 0 Å². The van der Waals surface area contributed by atoms with Gasteiger partial charge in [0, 0.05) is 24.3 Å². The molecule has 1 N–H and O–H groups in total. The second-order valence-corrected chi connectivity index (χ2v) is 6.78. The lowest BCUT2D eigenvalue weighted by molar-refractivity contribution is -0.137. The van der Waals surface area contributed by atoms with Crippen molar-refractivity contribution >= 4 is 11.0 Å². The Labute approximate surface area is 158 Å². The summed E-state index contributed by atoms with van der Waals surface area (Å²) in [4.78, 5) is 4.45. The molecule has 1 aliphatic rings. The Bertz CT molecular complexity index is 1010. The second-order valence-electron chi connectivity index (χ2n) is 6.78. The number of pyridine rings is 1. The normalized spacial score (nSPS) is 20.2. The van der Waals surface area contributed by atoms with Crippen molar-refractivity contribution in [3.05, 3.63) is 41.6 Å². The van der Waals surface area contributed by atoms with Crippen LogP contribution in [0, 0.1) is 6.92 Å². The van der Waals surface area contributed by atoms with Crippen LogP contribution in [-0.4, -0.2) is 46.3 Å². The number of fused-ring (bicyclic) bond motifs is 1. The van der Waals surface area contributed by atoms with Crippen LogP contribution in [0.3, 0.4) is 0 Å². The maximum absolute atomic E-state index is 12.9. The number of aryl methyl sites for hydroxylation is 1. The van der Waals surface area contributed by atoms with E-state index < -0.39 is 17.5 Å². The molecule has 3 heterocycles. The predicted molar refractivity (Wildman–Crippen MR) is 95.0 cm³/mol. The van der Waals surface area contributed by atoms with Gasteiger partial charge >= 0.3 is 6.18 Å². The summed E-state index contributed by atoms with van der Waals surface area (Å²) in [5.41, 5.74) is 0.416. The number of nitrogens with zero attached hydrogens (tertiary/aromatic N) is 3. The van der Waals surface area contributed by atoms with E-state index in [2.05, 4.69) is 10.1 Å². The van der Waals surface area contributed by atoms with E-state index in [-0.39, 0.29) is 23.3 Å². The van der Waals surface area contributed by atoms with E-state index in [1.165, 1.54) is 6.92 Å². The summed E-state index contributed by atoms with van der Waals surface area (Å²) in [6.07, 6.45) is -2.82. The van der Waals surface area contributed by atoms with Gasteiger partial charge in [-0.2, -0.15) is 18.3 Å². The number of hydrogen-bond donors (Lipinski definition) is 1. The van der Waals surface area contributed by atoms with E-state index in [1.807, 2.05) is 6.20 Å². The molecule has 0 aliphatic carbocycles. The fourth-order valence-electron chi connectivity index (χ4n) is 3.49. The maximum atomic E-state index is 12.9. The fraction of sp³-hybridized carbons (Fsp3) is 0.368. The standard InChI is InChI=1S/C19H18F3N3O3/c1-10-5-12(19(20,21)22)6-15(26)17(10)13-4-3-11-7-25(24-18(11)23-13)14-8-28-9-16(14)27-2/h3-7,14,16,26H,8-9H2,1-2H3/t14-,16-/m1/s1. The summed E-state index contributed by atoms with van der Waals surface area (Å²) in [6.45, 7) is 2.46. The van der Waals surface area contributed by atoms with Gasteiger partial charge in [0.2, 0.25) is 0 Å². The zero-order chi connectivity index (χ0) is 20.1. The molecule has 0 saturated carbocycles. The number of methoxy groups -OCH3 is 1. The number of phenols is 1. The van der Waals surface area contributed by atoms with Crippen molar-refractivity contribution in [3.63, 3.8) is 0 Å². The SMILES string of the molecule is CO[C@@H]1COC[C@H]1n1cc2ccc(-c3c(C)cc(C(F)(F)F)cc3O)nc2n1. The lowest BCUT2D eigenvalue weighted by atomic mass is 10.00. The largest absolute Gasteiger partial charge is 0.507 e. The number of halogens is 3. The third-order valence-corrected chi connectivity index (χ3v) is 4.93. The molecule has 4 rings (SSSR count). The van der Waals surface area contributed by atoms with Gasteiger partial charge in [-0.05, 0) is 36.8 Å². The van der Waals surface area contributed by atoms with Crippen molar-refractivity contribution in [1.82, 2.24) is 14.8 Å². The molecular weight excluding hydrogens is 375 g/mol. The highest BCUT2D eigenvalue weighted by Gasteiger charge is 2.33. The lowest BCUT2D eigenvalue weighted by Gasteiger charge is -2.15. The van der Waals surface area contributed by atoms with Crippen LogP contribution in [0.15, 0.2) is 30.5 Å². The third kappa shape index (κ3) is 3.20. The van der Waals surface area contributed by atoms with E-state index in [9.17, 15) is 18.3 Å². The van der Waals surface area contributed by atoms with Gasteiger partial charge in [-0.3, -0.25) is 4.68 Å². The molecule has 1 aromatic carbocycles. The predicted octanol–water partition coefficient (Wildman–Crippen LogP) is 3.72. The Morgan fingerprint density at radius 1 is 1.25 bits per heavy atom. The number of alkyl halides is 3. The van der Waals surface area contributed by atoms with Crippen LogP contribution in [0.4, 0.5) is 13.2 Å². The molecule has 0 amide bonds. The zero-order valence-corrected chi connectivity index (χ0v) is 15.2. The summed E-state index contributed by atoms with van der Waals surface area (Å²) >= 11 is 0. The first-order valence-electron chi connectivity index (χ1n) is 8.65. The van der Waals surface area contributed by atoms with Gasteiger partial charge in [-0.15, -0.1) is 0 Å². The van der Waals surface area contributed by atoms with Crippen LogP contribution in [0.1, 0.15) is 17.2 Å². The molecule has 28 heavy (non-hydrogen) atoms. The Morgan fingerprint density at radius 2 is 2.04 bits per heavy atom. The molecule has 0 radical (unpaired) electrons. The molecule has 1 saturated heterocycles. The Hall–Kier alpha value is -2.65. The number of benzene rings is 1. The van der Waals surface area contributed by atoms with Crippen molar-refractivity contribution < 1.29 is 27.8 Å². The van der Waals surface area contributed by atoms with Crippen molar-refractivity contribution in [2.75, 3.05) is 20.3 Å². The minimum absolute atomic E-state index is 0.0798. The molecule has 0 spiro atoms. The minimum Gasteiger partial charge on any atom is -0.507 e. The molecule has 1 aliphatic heterocycles. The highest BCUT2D eigenvalue weighted by molar-refractivity contribution is 5.80. The van der Waals surface area contributed by atoms with Crippen LogP contribution < -0.4 is 0 Å². The van der Waals surface area contributed by atoms with E-state index in [0.29, 0.717) is 30.6 Å². The maximum Gasteiger partial charge on any atom is 0.416 e. The second kappa shape index (κ2) is 6.75. The van der Waals surface area contributed by atoms with E-state index in [0.717, 1.165) is 11.5 Å². The average molecular weight is 393 g/mol. The number of phenolic OH excluding ortho intramolecular Hbond substituents is 1. The van der Waals surface area contributed by atoms with Gasteiger partial charge in [0.05, 0.1) is 24.5 Å². The fourth-order valence-corrected chi connectivity index (χ4v) is 3.49. The van der Waals surface area contributed by atoms with Gasteiger partial charge in [0.1, 0.15) is 17.9 Å². The first-order valence-corrected chi connectivity index (χ1v) is 8.65. The molecule has 148 valence electrons. The monoisotopic (exact) mass is 393 g/mol. The molecule has 2 aromatic heterocycles. The summed E-state index contributed by atoms with van der Waals surface area (Å²) in [5.74, 6) is -0.470. The highest BCUT2D eigenvalue weighted by atomic mass is 19.4.